The third-order valence-electron chi connectivity index (χ3n) is 3.95. The Morgan fingerprint density at radius 2 is 2.14 bits per heavy atom. The topological polar surface area (TPSA) is 65.5 Å². The van der Waals surface area contributed by atoms with Crippen LogP contribution in [-0.4, -0.2) is 53.2 Å². The third-order valence-corrected chi connectivity index (χ3v) is 5.02. The molecule has 2 N–H and O–H groups in total. The summed E-state index contributed by atoms with van der Waals surface area (Å²) in [5.74, 6) is 0.653. The lowest BCUT2D eigenvalue weighted by Gasteiger charge is -2.31. The van der Waals surface area contributed by atoms with E-state index < -0.39 is 6.10 Å². The maximum Gasteiger partial charge on any atom is 0.263 e. The fourth-order valence-electron chi connectivity index (χ4n) is 2.64. The molecule has 1 aromatic heterocycles. The zero-order valence-corrected chi connectivity index (χ0v) is 13.9. The van der Waals surface area contributed by atoms with Crippen LogP contribution in [0.2, 0.25) is 0 Å². The van der Waals surface area contributed by atoms with Crippen LogP contribution < -0.4 is 5.32 Å². The Balaban J connectivity index is 1.74. The number of nitrogens with one attached hydrogen (secondary N) is 1. The minimum atomic E-state index is -0.517. The van der Waals surface area contributed by atoms with Gasteiger partial charge < -0.3 is 15.3 Å². The highest BCUT2D eigenvalue weighted by atomic mass is 32.1. The molecule has 0 aliphatic carbocycles. The minimum Gasteiger partial charge on any atom is -0.390 e. The van der Waals surface area contributed by atoms with Crippen molar-refractivity contribution in [2.75, 3.05) is 26.2 Å². The van der Waals surface area contributed by atoms with Crippen molar-refractivity contribution in [2.24, 2.45) is 5.92 Å². The number of aliphatic hydroxyl groups is 1. The van der Waals surface area contributed by atoms with Gasteiger partial charge in [-0.25, -0.2) is 4.98 Å². The van der Waals surface area contributed by atoms with Gasteiger partial charge in [-0.05, 0) is 45.7 Å². The second-order valence-corrected chi connectivity index (χ2v) is 7.20. The van der Waals surface area contributed by atoms with Crippen LogP contribution in [0.3, 0.4) is 0 Å². The largest absolute Gasteiger partial charge is 0.390 e. The van der Waals surface area contributed by atoms with Gasteiger partial charge in [-0.3, -0.25) is 4.79 Å². The van der Waals surface area contributed by atoms with Gasteiger partial charge in [0.25, 0.3) is 5.91 Å². The van der Waals surface area contributed by atoms with E-state index in [1.165, 1.54) is 24.2 Å². The number of aryl methyl sites for hydroxylation is 2. The molecule has 1 saturated heterocycles. The number of carbonyl (C=O) groups is 1. The van der Waals surface area contributed by atoms with Crippen molar-refractivity contribution >= 4 is 17.2 Å². The molecular weight excluding hydrogens is 286 g/mol. The Kier molecular flexibility index (Phi) is 5.72. The molecule has 1 fully saturated rings. The standard InChI is InChI=1S/C15H25N3O2S/c1-10-4-6-18(7-5-10)9-13(19)8-16-15(20)14-11(2)17-12(3)21-14/h10,13,19H,4-9H2,1-3H3,(H,16,20). The van der Waals surface area contributed by atoms with Crippen molar-refractivity contribution in [3.8, 4) is 0 Å². The van der Waals surface area contributed by atoms with E-state index in [4.69, 9.17) is 0 Å². The summed E-state index contributed by atoms with van der Waals surface area (Å²) in [6.45, 7) is 9.01. The van der Waals surface area contributed by atoms with Gasteiger partial charge in [-0.2, -0.15) is 0 Å². The Labute approximate surface area is 130 Å². The number of thiazole rings is 1. The molecule has 1 aliphatic rings. The third kappa shape index (κ3) is 4.76. The molecule has 1 aromatic rings. The Hall–Kier alpha value is -0.980. The zero-order chi connectivity index (χ0) is 15.4. The van der Waals surface area contributed by atoms with E-state index in [1.807, 2.05) is 13.8 Å². The first-order valence-electron chi connectivity index (χ1n) is 7.58. The smallest absolute Gasteiger partial charge is 0.263 e. The first-order chi connectivity index (χ1) is 9.95. The van der Waals surface area contributed by atoms with Crippen molar-refractivity contribution in [3.63, 3.8) is 0 Å². The number of piperidine rings is 1. The molecular formula is C15H25N3O2S. The van der Waals surface area contributed by atoms with Crippen LogP contribution in [0.5, 0.6) is 0 Å². The molecule has 1 atom stereocenters. The zero-order valence-electron chi connectivity index (χ0n) is 13.1. The summed E-state index contributed by atoms with van der Waals surface area (Å²) in [4.78, 5) is 19.2. The van der Waals surface area contributed by atoms with Gasteiger partial charge in [0.1, 0.15) is 4.88 Å². The van der Waals surface area contributed by atoms with Gasteiger partial charge in [0, 0.05) is 13.1 Å². The van der Waals surface area contributed by atoms with Crippen molar-refractivity contribution in [3.05, 3.63) is 15.6 Å². The van der Waals surface area contributed by atoms with E-state index in [-0.39, 0.29) is 5.91 Å². The minimum absolute atomic E-state index is 0.135. The summed E-state index contributed by atoms with van der Waals surface area (Å²) in [6, 6.07) is 0. The van der Waals surface area contributed by atoms with Crippen LogP contribution >= 0.6 is 11.3 Å². The number of aromatic nitrogens is 1. The molecule has 0 radical (unpaired) electrons. The molecule has 1 amide bonds. The predicted molar refractivity (Wildman–Crippen MR) is 84.8 cm³/mol. The number of aliphatic hydroxyl groups excluding tert-OH is 1. The predicted octanol–water partition coefficient (Wildman–Crippen LogP) is 1.58. The van der Waals surface area contributed by atoms with E-state index in [2.05, 4.69) is 22.1 Å². The number of β-amino-alcohol motifs (C(OH)–C–C–N with tert-alkyl or cyclic N) is 1. The van der Waals surface area contributed by atoms with Crippen LogP contribution in [0.15, 0.2) is 0 Å². The van der Waals surface area contributed by atoms with Crippen LogP contribution in [-0.2, 0) is 0 Å². The SMILES string of the molecule is Cc1nc(C)c(C(=O)NCC(O)CN2CCC(C)CC2)s1. The summed E-state index contributed by atoms with van der Waals surface area (Å²) in [5.41, 5.74) is 0.759. The van der Waals surface area contributed by atoms with Gasteiger partial charge in [0.05, 0.1) is 16.8 Å². The van der Waals surface area contributed by atoms with E-state index in [9.17, 15) is 9.90 Å². The molecule has 21 heavy (non-hydrogen) atoms. The maximum absolute atomic E-state index is 12.1. The normalized spacial score (nSPS) is 18.7. The van der Waals surface area contributed by atoms with Crippen LogP contribution in [0, 0.1) is 19.8 Å². The quantitative estimate of drug-likeness (QED) is 0.866. The van der Waals surface area contributed by atoms with E-state index in [1.54, 1.807) is 0 Å². The van der Waals surface area contributed by atoms with Crippen LogP contribution in [0.4, 0.5) is 0 Å². The van der Waals surface area contributed by atoms with Crippen molar-refractivity contribution in [1.82, 2.24) is 15.2 Å². The van der Waals surface area contributed by atoms with E-state index in [0.29, 0.717) is 18.0 Å². The molecule has 1 aliphatic heterocycles. The summed E-state index contributed by atoms with van der Waals surface area (Å²) in [7, 11) is 0. The molecule has 0 bridgehead atoms. The monoisotopic (exact) mass is 311 g/mol. The average Bonchev–Trinajstić information content (AvgIpc) is 2.78. The average molecular weight is 311 g/mol. The summed E-state index contributed by atoms with van der Waals surface area (Å²) < 4.78 is 0. The molecule has 0 aromatic carbocycles. The second kappa shape index (κ2) is 7.33. The Bertz CT molecular complexity index is 481. The molecule has 5 nitrogen and oxygen atoms in total. The first kappa shape index (κ1) is 16.4. The molecule has 2 heterocycles. The lowest BCUT2D eigenvalue weighted by Crippen LogP contribution is -2.43. The molecule has 0 spiro atoms. The summed E-state index contributed by atoms with van der Waals surface area (Å²) >= 11 is 1.39. The van der Waals surface area contributed by atoms with Crippen LogP contribution in [0.1, 0.15) is 40.1 Å². The number of carbonyl (C=O) groups excluding carboxylic acids is 1. The lowest BCUT2D eigenvalue weighted by atomic mass is 9.99. The number of amides is 1. The van der Waals surface area contributed by atoms with Gasteiger partial charge in [-0.1, -0.05) is 6.92 Å². The maximum atomic E-state index is 12.1. The lowest BCUT2D eigenvalue weighted by molar-refractivity contribution is 0.0797. The number of likely N-dealkylation sites (tertiary alicyclic amines) is 1. The molecule has 6 heteroatoms. The van der Waals surface area contributed by atoms with Gasteiger partial charge >= 0.3 is 0 Å². The number of hydrogen-bond acceptors (Lipinski definition) is 5. The highest BCUT2D eigenvalue weighted by Crippen LogP contribution is 2.17. The summed E-state index contributed by atoms with van der Waals surface area (Å²) in [6.07, 6.45) is 1.87. The molecule has 118 valence electrons. The number of hydrogen-bond donors (Lipinski definition) is 2. The van der Waals surface area contributed by atoms with Crippen molar-refractivity contribution in [1.29, 1.82) is 0 Å². The van der Waals surface area contributed by atoms with Crippen molar-refractivity contribution < 1.29 is 9.90 Å². The first-order valence-corrected chi connectivity index (χ1v) is 8.40. The van der Waals surface area contributed by atoms with E-state index >= 15 is 0 Å². The van der Waals surface area contributed by atoms with E-state index in [0.717, 1.165) is 29.7 Å². The van der Waals surface area contributed by atoms with Crippen LogP contribution in [0.25, 0.3) is 0 Å². The molecule has 2 rings (SSSR count). The number of nitrogens with zero attached hydrogens (tertiary/aromatic N) is 2. The fourth-order valence-corrected chi connectivity index (χ4v) is 3.48. The Morgan fingerprint density at radius 3 is 2.71 bits per heavy atom. The molecule has 0 saturated carbocycles. The molecule has 1 unspecified atom stereocenters. The van der Waals surface area contributed by atoms with Gasteiger partial charge in [0.15, 0.2) is 0 Å². The number of rotatable bonds is 5. The van der Waals surface area contributed by atoms with Gasteiger partial charge in [0.2, 0.25) is 0 Å². The highest BCUT2D eigenvalue weighted by Gasteiger charge is 2.19. The second-order valence-electron chi connectivity index (χ2n) is 5.99. The fraction of sp³-hybridized carbons (Fsp3) is 0.733. The highest BCUT2D eigenvalue weighted by molar-refractivity contribution is 7.13. The summed E-state index contributed by atoms with van der Waals surface area (Å²) in [5, 5.41) is 13.8. The Morgan fingerprint density at radius 1 is 1.48 bits per heavy atom. The van der Waals surface area contributed by atoms with Gasteiger partial charge in [-0.15, -0.1) is 11.3 Å². The van der Waals surface area contributed by atoms with Crippen molar-refractivity contribution in [2.45, 2.75) is 39.7 Å².